The fraction of sp³-hybridized carbons (Fsp3) is 0.500. The van der Waals surface area contributed by atoms with Crippen LogP contribution in [0.25, 0.3) is 0 Å². The molecule has 3 saturated heterocycles. The predicted octanol–water partition coefficient (Wildman–Crippen LogP) is 1.99. The standard InChI is InChI=1S/C18H21N3/c1-2-16-13-21-7-6-17(16)9-18(21)12-20-11-15-5-3-4-14(8-15)10-19/h1,3-5,8,16-18,20H,6-7,9,11-13H2/t16-,17-,18+/m0/s1. The largest absolute Gasteiger partial charge is 0.311 e. The van der Waals surface area contributed by atoms with Crippen molar-refractivity contribution in [3.8, 4) is 18.4 Å². The Morgan fingerprint density at radius 2 is 2.33 bits per heavy atom. The molecular weight excluding hydrogens is 258 g/mol. The maximum Gasteiger partial charge on any atom is 0.0991 e. The molecule has 0 aromatic heterocycles. The van der Waals surface area contributed by atoms with Crippen molar-refractivity contribution < 1.29 is 0 Å². The van der Waals surface area contributed by atoms with Gasteiger partial charge in [0.2, 0.25) is 0 Å². The number of nitriles is 1. The van der Waals surface area contributed by atoms with E-state index in [9.17, 15) is 0 Å². The second-order valence-electron chi connectivity index (χ2n) is 6.15. The van der Waals surface area contributed by atoms with Crippen LogP contribution in [0.15, 0.2) is 24.3 Å². The maximum absolute atomic E-state index is 8.92. The molecule has 0 saturated carbocycles. The van der Waals surface area contributed by atoms with E-state index in [4.69, 9.17) is 11.7 Å². The zero-order valence-electron chi connectivity index (χ0n) is 12.3. The van der Waals surface area contributed by atoms with E-state index in [0.29, 0.717) is 17.9 Å². The minimum absolute atomic E-state index is 0.460. The third-order valence-corrected chi connectivity index (χ3v) is 4.86. The topological polar surface area (TPSA) is 39.1 Å². The minimum Gasteiger partial charge on any atom is -0.311 e. The Morgan fingerprint density at radius 1 is 1.43 bits per heavy atom. The highest BCUT2D eigenvalue weighted by molar-refractivity contribution is 5.32. The molecule has 1 unspecified atom stereocenters. The van der Waals surface area contributed by atoms with Crippen molar-refractivity contribution in [2.75, 3.05) is 19.6 Å². The smallest absolute Gasteiger partial charge is 0.0991 e. The number of hydrogen-bond donors (Lipinski definition) is 1. The Kier molecular flexibility index (Phi) is 4.25. The van der Waals surface area contributed by atoms with E-state index in [1.165, 1.54) is 24.9 Å². The molecule has 108 valence electrons. The SMILES string of the molecule is C#C[C@H]1CN2CC[C@H]1C[C@@H]2CNCc1cccc(C#N)c1. The van der Waals surface area contributed by atoms with Gasteiger partial charge in [0.15, 0.2) is 0 Å². The van der Waals surface area contributed by atoms with Crippen LogP contribution >= 0.6 is 0 Å². The molecule has 21 heavy (non-hydrogen) atoms. The van der Waals surface area contributed by atoms with E-state index < -0.39 is 0 Å². The second-order valence-corrected chi connectivity index (χ2v) is 6.15. The molecule has 1 aromatic rings. The van der Waals surface area contributed by atoms with Gasteiger partial charge in [-0.2, -0.15) is 5.26 Å². The summed E-state index contributed by atoms with van der Waals surface area (Å²) in [7, 11) is 0. The Hall–Kier alpha value is -1.81. The van der Waals surface area contributed by atoms with Crippen LogP contribution in [0.2, 0.25) is 0 Å². The molecule has 3 nitrogen and oxygen atoms in total. The lowest BCUT2D eigenvalue weighted by Gasteiger charge is -2.48. The number of fused-ring (bicyclic) bond motifs is 3. The molecule has 0 aliphatic carbocycles. The van der Waals surface area contributed by atoms with Crippen molar-refractivity contribution >= 4 is 0 Å². The van der Waals surface area contributed by atoms with Gasteiger partial charge in [0, 0.05) is 31.6 Å². The van der Waals surface area contributed by atoms with Crippen LogP contribution in [-0.2, 0) is 6.54 Å². The highest BCUT2D eigenvalue weighted by Gasteiger charge is 2.38. The van der Waals surface area contributed by atoms with E-state index in [2.05, 4.69) is 28.3 Å². The van der Waals surface area contributed by atoms with Gasteiger partial charge in [-0.3, -0.25) is 4.90 Å². The second kappa shape index (κ2) is 6.31. The molecule has 3 aliphatic heterocycles. The quantitative estimate of drug-likeness (QED) is 0.857. The molecule has 3 fully saturated rings. The van der Waals surface area contributed by atoms with Crippen molar-refractivity contribution in [1.29, 1.82) is 5.26 Å². The summed E-state index contributed by atoms with van der Waals surface area (Å²) >= 11 is 0. The molecule has 0 radical (unpaired) electrons. The first-order chi connectivity index (χ1) is 10.3. The molecule has 3 aliphatic rings. The summed E-state index contributed by atoms with van der Waals surface area (Å²) in [5, 5.41) is 12.5. The first-order valence-corrected chi connectivity index (χ1v) is 7.70. The third kappa shape index (κ3) is 3.10. The summed E-state index contributed by atoms with van der Waals surface area (Å²) in [4.78, 5) is 2.54. The number of rotatable bonds is 4. The van der Waals surface area contributed by atoms with Gasteiger partial charge in [0.25, 0.3) is 0 Å². The van der Waals surface area contributed by atoms with Crippen molar-refractivity contribution in [3.05, 3.63) is 35.4 Å². The average Bonchev–Trinajstić information content (AvgIpc) is 2.55. The van der Waals surface area contributed by atoms with Crippen molar-refractivity contribution in [1.82, 2.24) is 10.2 Å². The van der Waals surface area contributed by atoms with Crippen molar-refractivity contribution in [2.45, 2.75) is 25.4 Å². The van der Waals surface area contributed by atoms with Gasteiger partial charge in [-0.25, -0.2) is 0 Å². The number of piperidine rings is 3. The summed E-state index contributed by atoms with van der Waals surface area (Å²) < 4.78 is 0. The first-order valence-electron chi connectivity index (χ1n) is 7.70. The number of benzene rings is 1. The van der Waals surface area contributed by atoms with Gasteiger partial charge in [0.1, 0.15) is 0 Å². The van der Waals surface area contributed by atoms with Crippen LogP contribution in [0, 0.1) is 35.5 Å². The van der Waals surface area contributed by atoms with Crippen LogP contribution in [-0.4, -0.2) is 30.6 Å². The van der Waals surface area contributed by atoms with Crippen LogP contribution < -0.4 is 5.32 Å². The van der Waals surface area contributed by atoms with Gasteiger partial charge >= 0.3 is 0 Å². The van der Waals surface area contributed by atoms with Crippen molar-refractivity contribution in [3.63, 3.8) is 0 Å². The predicted molar refractivity (Wildman–Crippen MR) is 83.3 cm³/mol. The zero-order valence-corrected chi connectivity index (χ0v) is 12.3. The number of nitrogens with zero attached hydrogens (tertiary/aromatic N) is 2. The molecule has 0 amide bonds. The molecule has 4 rings (SSSR count). The van der Waals surface area contributed by atoms with Crippen LogP contribution in [0.1, 0.15) is 24.0 Å². The van der Waals surface area contributed by atoms with E-state index in [-0.39, 0.29) is 0 Å². The fourth-order valence-electron chi connectivity index (χ4n) is 3.67. The molecule has 1 N–H and O–H groups in total. The monoisotopic (exact) mass is 279 g/mol. The summed E-state index contributed by atoms with van der Waals surface area (Å²) in [5.41, 5.74) is 1.90. The summed E-state index contributed by atoms with van der Waals surface area (Å²) in [5.74, 6) is 4.13. The van der Waals surface area contributed by atoms with Crippen molar-refractivity contribution in [2.24, 2.45) is 11.8 Å². The van der Waals surface area contributed by atoms with Crippen LogP contribution in [0.3, 0.4) is 0 Å². The highest BCUT2D eigenvalue weighted by atomic mass is 15.2. The van der Waals surface area contributed by atoms with Gasteiger partial charge in [-0.15, -0.1) is 12.3 Å². The lowest BCUT2D eigenvalue weighted by molar-refractivity contribution is 0.0227. The van der Waals surface area contributed by atoms with E-state index in [0.717, 1.165) is 25.2 Å². The molecule has 3 heteroatoms. The Bertz CT molecular complexity index is 581. The molecule has 0 spiro atoms. The Labute approximate surface area is 127 Å². The van der Waals surface area contributed by atoms with E-state index in [1.54, 1.807) is 0 Å². The molecule has 2 bridgehead atoms. The zero-order chi connectivity index (χ0) is 14.7. The molecule has 1 aromatic carbocycles. The number of terminal acetylenes is 1. The minimum atomic E-state index is 0.460. The molecule has 3 heterocycles. The van der Waals surface area contributed by atoms with E-state index >= 15 is 0 Å². The van der Waals surface area contributed by atoms with Crippen LogP contribution in [0.4, 0.5) is 0 Å². The van der Waals surface area contributed by atoms with Crippen LogP contribution in [0.5, 0.6) is 0 Å². The fourth-order valence-corrected chi connectivity index (χ4v) is 3.67. The highest BCUT2D eigenvalue weighted by Crippen LogP contribution is 2.35. The summed E-state index contributed by atoms with van der Waals surface area (Å²) in [6.07, 6.45) is 8.10. The van der Waals surface area contributed by atoms with Gasteiger partial charge < -0.3 is 5.32 Å². The third-order valence-electron chi connectivity index (χ3n) is 4.86. The lowest BCUT2D eigenvalue weighted by atomic mass is 9.76. The summed E-state index contributed by atoms with van der Waals surface area (Å²) in [6.45, 7) is 4.09. The van der Waals surface area contributed by atoms with Gasteiger partial charge in [0.05, 0.1) is 11.6 Å². The first kappa shape index (κ1) is 14.1. The van der Waals surface area contributed by atoms with Gasteiger partial charge in [-0.05, 0) is 43.0 Å². The lowest BCUT2D eigenvalue weighted by Crippen LogP contribution is -2.55. The molecule has 4 atom stereocenters. The number of hydrogen-bond acceptors (Lipinski definition) is 3. The van der Waals surface area contributed by atoms with Gasteiger partial charge in [-0.1, -0.05) is 12.1 Å². The molecular formula is C18H21N3. The maximum atomic E-state index is 8.92. The average molecular weight is 279 g/mol. The number of nitrogens with one attached hydrogen (secondary N) is 1. The Morgan fingerprint density at radius 3 is 3.05 bits per heavy atom. The Balaban J connectivity index is 1.50. The normalized spacial score (nSPS) is 30.6. The van der Waals surface area contributed by atoms with E-state index in [1.807, 2.05) is 18.2 Å². The summed E-state index contributed by atoms with van der Waals surface area (Å²) in [6, 6.07) is 10.6.